The Labute approximate surface area is 149 Å². The summed E-state index contributed by atoms with van der Waals surface area (Å²) in [5, 5.41) is 18.2. The van der Waals surface area contributed by atoms with Gasteiger partial charge in [-0.05, 0) is 12.9 Å². The molecule has 2 aromatic heterocycles. The van der Waals surface area contributed by atoms with Crippen LogP contribution in [0.4, 0.5) is 5.82 Å². The highest BCUT2D eigenvalue weighted by molar-refractivity contribution is 6.76. The van der Waals surface area contributed by atoms with E-state index in [1.807, 2.05) is 4.81 Å². The van der Waals surface area contributed by atoms with Gasteiger partial charge in [0, 0.05) is 27.8 Å². The lowest BCUT2D eigenvalue weighted by Crippen LogP contribution is -2.59. The Morgan fingerprint density at radius 2 is 2.12 bits per heavy atom. The fourth-order valence-corrected chi connectivity index (χ4v) is 3.49. The molecular formula is C15H27BN6O2Si. The van der Waals surface area contributed by atoms with E-state index < -0.39 is 15.1 Å². The Morgan fingerprint density at radius 3 is 2.80 bits per heavy atom. The topological polar surface area (TPSA) is 88.3 Å². The van der Waals surface area contributed by atoms with Gasteiger partial charge in [0.25, 0.3) is 0 Å². The van der Waals surface area contributed by atoms with Gasteiger partial charge in [0.1, 0.15) is 18.9 Å². The molecule has 8 nitrogen and oxygen atoms in total. The van der Waals surface area contributed by atoms with Crippen LogP contribution in [0.1, 0.15) is 0 Å². The predicted octanol–water partition coefficient (Wildman–Crippen LogP) is 1.34. The number of ether oxygens (including phenoxy) is 1. The van der Waals surface area contributed by atoms with Crippen molar-refractivity contribution in [2.45, 2.75) is 45.3 Å². The van der Waals surface area contributed by atoms with Crippen LogP contribution in [0.3, 0.4) is 0 Å². The van der Waals surface area contributed by atoms with Crippen LogP contribution in [0, 0.1) is 0 Å². The third-order valence-corrected chi connectivity index (χ3v) is 6.13. The van der Waals surface area contributed by atoms with Crippen molar-refractivity contribution in [3.05, 3.63) is 12.5 Å². The van der Waals surface area contributed by atoms with E-state index in [1.165, 1.54) is 0 Å². The first-order chi connectivity index (χ1) is 11.8. The van der Waals surface area contributed by atoms with E-state index in [9.17, 15) is 5.02 Å². The van der Waals surface area contributed by atoms with Crippen LogP contribution < -0.4 is 5.32 Å². The highest BCUT2D eigenvalue weighted by atomic mass is 28.3. The second-order valence-corrected chi connectivity index (χ2v) is 13.5. The lowest BCUT2D eigenvalue weighted by molar-refractivity contribution is 0.0813. The Balaban J connectivity index is 1.60. The summed E-state index contributed by atoms with van der Waals surface area (Å²) in [4.78, 5) is 10.7. The van der Waals surface area contributed by atoms with Crippen molar-refractivity contribution in [1.29, 1.82) is 0 Å². The summed E-state index contributed by atoms with van der Waals surface area (Å²) in [7, 11) is -1.49. The van der Waals surface area contributed by atoms with Gasteiger partial charge in [-0.3, -0.25) is 0 Å². The second-order valence-electron chi connectivity index (χ2n) is 7.88. The zero-order chi connectivity index (χ0) is 18.0. The molecule has 1 fully saturated rings. The van der Waals surface area contributed by atoms with Crippen molar-refractivity contribution in [2.24, 2.45) is 0 Å². The maximum absolute atomic E-state index is 9.53. The zero-order valence-corrected chi connectivity index (χ0v) is 16.4. The summed E-state index contributed by atoms with van der Waals surface area (Å²) in [6.07, 6.45) is 3.33. The maximum Gasteiger partial charge on any atom is 0.376 e. The van der Waals surface area contributed by atoms with Crippen LogP contribution in [-0.4, -0.2) is 70.4 Å². The van der Waals surface area contributed by atoms with Gasteiger partial charge in [-0.2, -0.15) is 5.10 Å². The normalized spacial score (nSPS) is 16.2. The number of aromatic nitrogens is 4. The monoisotopic (exact) mass is 362 g/mol. The molecule has 1 aliphatic heterocycles. The molecule has 136 valence electrons. The first-order valence-corrected chi connectivity index (χ1v) is 12.5. The molecule has 2 aromatic rings. The molecule has 3 rings (SSSR count). The molecule has 0 amide bonds. The quantitative estimate of drug-likeness (QED) is 0.541. The smallest absolute Gasteiger partial charge is 0.376 e. The number of nitrogens with one attached hydrogen (secondary N) is 1. The number of anilines is 1. The van der Waals surface area contributed by atoms with E-state index in [-0.39, 0.29) is 6.04 Å². The molecule has 25 heavy (non-hydrogen) atoms. The Bertz CT molecular complexity index is 714. The van der Waals surface area contributed by atoms with Gasteiger partial charge in [0.15, 0.2) is 5.65 Å². The van der Waals surface area contributed by atoms with Crippen molar-refractivity contribution in [3.8, 4) is 0 Å². The van der Waals surface area contributed by atoms with Crippen LogP contribution in [0.5, 0.6) is 0 Å². The molecule has 0 aliphatic carbocycles. The van der Waals surface area contributed by atoms with Gasteiger partial charge in [-0.25, -0.2) is 14.6 Å². The minimum absolute atomic E-state index is 0.282. The van der Waals surface area contributed by atoms with E-state index in [1.54, 1.807) is 24.0 Å². The lowest BCUT2D eigenvalue weighted by atomic mass is 9.80. The molecule has 10 heteroatoms. The van der Waals surface area contributed by atoms with Crippen LogP contribution in [0.25, 0.3) is 11.0 Å². The van der Waals surface area contributed by atoms with Crippen LogP contribution in [-0.2, 0) is 11.5 Å². The maximum atomic E-state index is 9.53. The second kappa shape index (κ2) is 7.40. The van der Waals surface area contributed by atoms with Gasteiger partial charge in [-0.1, -0.05) is 19.6 Å². The van der Waals surface area contributed by atoms with E-state index in [0.29, 0.717) is 6.73 Å². The first-order valence-electron chi connectivity index (χ1n) is 8.76. The molecule has 0 radical (unpaired) electrons. The summed E-state index contributed by atoms with van der Waals surface area (Å²) in [5.41, 5.74) is 0.775. The van der Waals surface area contributed by atoms with Gasteiger partial charge in [-0.15, -0.1) is 0 Å². The van der Waals surface area contributed by atoms with Crippen LogP contribution in [0.15, 0.2) is 12.5 Å². The summed E-state index contributed by atoms with van der Waals surface area (Å²) < 4.78 is 7.55. The van der Waals surface area contributed by atoms with Crippen molar-refractivity contribution in [2.75, 3.05) is 25.0 Å². The Hall–Kier alpha value is -1.49. The SMILES string of the molecule is CB(O)N1CC(Nc2ncnc3c2cnn3COCC[Si](C)(C)C)C1. The van der Waals surface area contributed by atoms with Gasteiger partial charge in [0.2, 0.25) is 0 Å². The summed E-state index contributed by atoms with van der Waals surface area (Å²) >= 11 is 0. The van der Waals surface area contributed by atoms with Gasteiger partial charge < -0.3 is 19.9 Å². The highest BCUT2D eigenvalue weighted by Gasteiger charge is 2.32. The summed E-state index contributed by atoms with van der Waals surface area (Å²) in [6, 6.07) is 1.42. The summed E-state index contributed by atoms with van der Waals surface area (Å²) in [6.45, 7) is 11.6. The molecule has 0 unspecified atom stereocenters. The highest BCUT2D eigenvalue weighted by Crippen LogP contribution is 2.22. The van der Waals surface area contributed by atoms with Crippen LogP contribution in [0.2, 0.25) is 32.5 Å². The number of nitrogens with zero attached hydrogens (tertiary/aromatic N) is 5. The molecule has 0 atom stereocenters. The largest absolute Gasteiger partial charge is 0.437 e. The molecule has 0 bridgehead atoms. The Morgan fingerprint density at radius 1 is 1.36 bits per heavy atom. The molecule has 1 saturated heterocycles. The first kappa shape index (κ1) is 18.3. The van der Waals surface area contributed by atoms with Crippen molar-refractivity contribution in [1.82, 2.24) is 24.6 Å². The number of hydrogen-bond donors (Lipinski definition) is 2. The van der Waals surface area contributed by atoms with Crippen LogP contribution >= 0.6 is 0 Å². The number of hydrogen-bond acceptors (Lipinski definition) is 7. The molecule has 1 aliphatic rings. The van der Waals surface area contributed by atoms with Crippen molar-refractivity contribution in [3.63, 3.8) is 0 Å². The predicted molar refractivity (Wildman–Crippen MR) is 102 cm³/mol. The van der Waals surface area contributed by atoms with E-state index in [0.717, 1.165) is 42.6 Å². The fourth-order valence-electron chi connectivity index (χ4n) is 2.73. The average Bonchev–Trinajstić information content (AvgIpc) is 2.89. The third kappa shape index (κ3) is 4.57. The average molecular weight is 362 g/mol. The Kier molecular flexibility index (Phi) is 5.42. The molecule has 0 aromatic carbocycles. The molecule has 0 saturated carbocycles. The third-order valence-electron chi connectivity index (χ3n) is 4.42. The summed E-state index contributed by atoms with van der Waals surface area (Å²) in [5.74, 6) is 0.786. The molecular weight excluding hydrogens is 335 g/mol. The van der Waals surface area contributed by atoms with Gasteiger partial charge >= 0.3 is 7.05 Å². The van der Waals surface area contributed by atoms with Crippen molar-refractivity contribution < 1.29 is 9.76 Å². The van der Waals surface area contributed by atoms with E-state index >= 15 is 0 Å². The van der Waals surface area contributed by atoms with E-state index in [2.05, 4.69) is 40.0 Å². The fraction of sp³-hybridized carbons (Fsp3) is 0.667. The van der Waals surface area contributed by atoms with Gasteiger partial charge in [0.05, 0.1) is 17.6 Å². The molecule has 0 spiro atoms. The number of rotatable bonds is 8. The zero-order valence-electron chi connectivity index (χ0n) is 15.4. The minimum Gasteiger partial charge on any atom is -0.437 e. The number of fused-ring (bicyclic) bond motifs is 1. The standard InChI is InChI=1S/C15H27BN6O2Si/c1-16(23)21-8-12(9-21)20-14-13-7-19-22(15(13)18-10-17-14)11-24-5-6-25(2,3)4/h7,10,12,23H,5-6,8-9,11H2,1-4H3,(H,17,18,20). The van der Waals surface area contributed by atoms with Crippen molar-refractivity contribution >= 4 is 32.0 Å². The molecule has 2 N–H and O–H groups in total. The van der Waals surface area contributed by atoms with E-state index in [4.69, 9.17) is 4.74 Å². The molecule has 3 heterocycles. The minimum atomic E-state index is -1.08. The lowest BCUT2D eigenvalue weighted by Gasteiger charge is -2.40.